The molecular weight excluding hydrogens is 441 g/mol. The minimum Gasteiger partial charge on any atom is -0.378 e. The van der Waals surface area contributed by atoms with Crippen molar-refractivity contribution in [2.45, 2.75) is 0 Å². The molecule has 5 rings (SSSR count). The fraction of sp³-hybridized carbons (Fsp3) is 0.381. The van der Waals surface area contributed by atoms with E-state index >= 15 is 0 Å². The third-order valence-corrected chi connectivity index (χ3v) is 6.27. The van der Waals surface area contributed by atoms with E-state index in [0.717, 1.165) is 24.3 Å². The highest BCUT2D eigenvalue weighted by Gasteiger charge is 2.26. The minimum atomic E-state index is -0.0659. The van der Waals surface area contributed by atoms with E-state index in [1.807, 2.05) is 18.2 Å². The third kappa shape index (κ3) is 3.91. The van der Waals surface area contributed by atoms with Gasteiger partial charge in [-0.05, 0) is 18.2 Å². The van der Waals surface area contributed by atoms with E-state index in [1.54, 1.807) is 17.2 Å². The van der Waals surface area contributed by atoms with Crippen LogP contribution < -0.4 is 9.80 Å². The van der Waals surface area contributed by atoms with Gasteiger partial charge in [-0.15, -0.1) is 0 Å². The monoisotopic (exact) mass is 461 g/mol. The lowest BCUT2D eigenvalue weighted by atomic mass is 10.2. The van der Waals surface area contributed by atoms with Crippen LogP contribution in [0.4, 0.5) is 11.6 Å². The van der Waals surface area contributed by atoms with E-state index in [4.69, 9.17) is 32.5 Å². The zero-order valence-electron chi connectivity index (χ0n) is 16.8. The number of aromatic nitrogens is 2. The molecular formula is C21H21Cl2N5O3. The topological polar surface area (TPSA) is 74.9 Å². The summed E-state index contributed by atoms with van der Waals surface area (Å²) in [6, 6.07) is 7.25. The van der Waals surface area contributed by atoms with Crippen molar-refractivity contribution in [1.29, 1.82) is 0 Å². The second-order valence-electron chi connectivity index (χ2n) is 7.53. The molecule has 10 heteroatoms. The number of ether oxygens (including phenoxy) is 1. The van der Waals surface area contributed by atoms with Crippen molar-refractivity contribution >= 4 is 51.7 Å². The molecule has 2 aliphatic rings. The summed E-state index contributed by atoms with van der Waals surface area (Å²) in [5.41, 5.74) is 1.17. The van der Waals surface area contributed by atoms with Gasteiger partial charge < -0.3 is 24.0 Å². The number of hydrogen-bond donors (Lipinski definition) is 0. The third-order valence-electron chi connectivity index (χ3n) is 5.68. The van der Waals surface area contributed by atoms with Gasteiger partial charge in [-0.25, -0.2) is 4.98 Å². The Morgan fingerprint density at radius 2 is 1.65 bits per heavy atom. The first kappa shape index (κ1) is 20.4. The first-order chi connectivity index (χ1) is 15.1. The molecule has 0 bridgehead atoms. The molecule has 0 aliphatic carbocycles. The number of benzene rings is 1. The molecule has 3 aromatic rings. The second kappa shape index (κ2) is 8.53. The van der Waals surface area contributed by atoms with Crippen LogP contribution in [0.1, 0.15) is 10.4 Å². The molecule has 4 heterocycles. The first-order valence-electron chi connectivity index (χ1n) is 10.2. The van der Waals surface area contributed by atoms with Gasteiger partial charge in [0.15, 0.2) is 11.4 Å². The Morgan fingerprint density at radius 3 is 2.35 bits per heavy atom. The molecule has 31 heavy (non-hydrogen) atoms. The van der Waals surface area contributed by atoms with Gasteiger partial charge >= 0.3 is 0 Å². The van der Waals surface area contributed by atoms with Crippen molar-refractivity contribution in [2.24, 2.45) is 0 Å². The standard InChI is InChI=1S/C21H21Cl2N5O3/c22-15-2-1-3-17-18(15)20(25-31-17)27-6-4-26(5-7-27)19-16(23)12-14(13-24-19)21(29)28-8-10-30-11-9-28/h1-3,12-13H,4-11H2. The summed E-state index contributed by atoms with van der Waals surface area (Å²) in [6.07, 6.45) is 1.61. The Hall–Kier alpha value is -2.55. The molecule has 0 unspecified atom stereocenters. The number of pyridine rings is 1. The molecule has 1 amide bonds. The maximum atomic E-state index is 12.7. The van der Waals surface area contributed by atoms with E-state index in [2.05, 4.69) is 19.9 Å². The largest absolute Gasteiger partial charge is 0.378 e. The van der Waals surface area contributed by atoms with Gasteiger partial charge in [0, 0.05) is 45.5 Å². The van der Waals surface area contributed by atoms with Gasteiger partial charge in [0.05, 0.1) is 34.2 Å². The van der Waals surface area contributed by atoms with Crippen LogP contribution in [0, 0.1) is 0 Å². The van der Waals surface area contributed by atoms with Gasteiger partial charge in [-0.3, -0.25) is 4.79 Å². The van der Waals surface area contributed by atoms with E-state index in [1.165, 1.54) is 0 Å². The molecule has 0 N–H and O–H groups in total. The van der Waals surface area contributed by atoms with Crippen molar-refractivity contribution in [3.05, 3.63) is 46.1 Å². The number of nitrogens with zero attached hydrogens (tertiary/aromatic N) is 5. The van der Waals surface area contributed by atoms with Crippen LogP contribution in [0.3, 0.4) is 0 Å². The number of piperazine rings is 1. The van der Waals surface area contributed by atoms with Crippen molar-refractivity contribution in [2.75, 3.05) is 62.3 Å². The molecule has 0 spiro atoms. The van der Waals surface area contributed by atoms with E-state index < -0.39 is 0 Å². The Morgan fingerprint density at radius 1 is 0.935 bits per heavy atom. The average molecular weight is 462 g/mol. The van der Waals surface area contributed by atoms with E-state index in [-0.39, 0.29) is 5.91 Å². The highest BCUT2D eigenvalue weighted by molar-refractivity contribution is 6.36. The van der Waals surface area contributed by atoms with Gasteiger partial charge in [0.1, 0.15) is 5.82 Å². The normalized spacial score (nSPS) is 17.4. The number of hydrogen-bond acceptors (Lipinski definition) is 7. The predicted octanol–water partition coefficient (Wildman–Crippen LogP) is 3.33. The molecule has 162 valence electrons. The van der Waals surface area contributed by atoms with Crippen molar-refractivity contribution in [3.63, 3.8) is 0 Å². The summed E-state index contributed by atoms with van der Waals surface area (Å²) in [5, 5.41) is 6.16. The average Bonchev–Trinajstić information content (AvgIpc) is 3.25. The van der Waals surface area contributed by atoms with Gasteiger partial charge in [-0.1, -0.05) is 34.4 Å². The van der Waals surface area contributed by atoms with Crippen LogP contribution in [0.15, 0.2) is 35.0 Å². The quantitative estimate of drug-likeness (QED) is 0.591. The highest BCUT2D eigenvalue weighted by atomic mass is 35.5. The summed E-state index contributed by atoms with van der Waals surface area (Å²) in [5.74, 6) is 1.37. The van der Waals surface area contributed by atoms with Crippen molar-refractivity contribution in [1.82, 2.24) is 15.0 Å². The zero-order chi connectivity index (χ0) is 21.4. The fourth-order valence-electron chi connectivity index (χ4n) is 4.01. The summed E-state index contributed by atoms with van der Waals surface area (Å²) in [7, 11) is 0. The molecule has 0 atom stereocenters. The molecule has 2 saturated heterocycles. The first-order valence-corrected chi connectivity index (χ1v) is 10.9. The van der Waals surface area contributed by atoms with Crippen molar-refractivity contribution < 1.29 is 14.1 Å². The summed E-state index contributed by atoms with van der Waals surface area (Å²) >= 11 is 12.9. The number of carbonyl (C=O) groups excluding carboxylic acids is 1. The lowest BCUT2D eigenvalue weighted by Gasteiger charge is -2.35. The molecule has 2 aliphatic heterocycles. The number of halogens is 2. The van der Waals surface area contributed by atoms with E-state index in [0.29, 0.717) is 66.4 Å². The maximum absolute atomic E-state index is 12.7. The summed E-state index contributed by atoms with van der Waals surface area (Å²) in [6.45, 7) is 5.15. The Kier molecular flexibility index (Phi) is 5.60. The lowest BCUT2D eigenvalue weighted by Crippen LogP contribution is -2.47. The fourth-order valence-corrected chi connectivity index (χ4v) is 4.55. The van der Waals surface area contributed by atoms with Crippen LogP contribution >= 0.6 is 23.2 Å². The number of amides is 1. The predicted molar refractivity (Wildman–Crippen MR) is 119 cm³/mol. The van der Waals surface area contributed by atoms with Crippen LogP contribution in [0.2, 0.25) is 10.0 Å². The lowest BCUT2D eigenvalue weighted by molar-refractivity contribution is 0.0302. The minimum absolute atomic E-state index is 0.0659. The number of rotatable bonds is 3. The van der Waals surface area contributed by atoms with Crippen molar-refractivity contribution in [3.8, 4) is 0 Å². The Labute approximate surface area is 189 Å². The highest BCUT2D eigenvalue weighted by Crippen LogP contribution is 2.33. The van der Waals surface area contributed by atoms with E-state index in [9.17, 15) is 4.79 Å². The molecule has 2 fully saturated rings. The molecule has 0 radical (unpaired) electrons. The maximum Gasteiger partial charge on any atom is 0.255 e. The SMILES string of the molecule is O=C(c1cnc(N2CCN(c3noc4cccc(Cl)c34)CC2)c(Cl)c1)N1CCOCC1. The summed E-state index contributed by atoms with van der Waals surface area (Å²) in [4.78, 5) is 23.2. The number of morpholine rings is 1. The van der Waals surface area contributed by atoms with Gasteiger partial charge in [0.2, 0.25) is 0 Å². The van der Waals surface area contributed by atoms with Gasteiger partial charge in [-0.2, -0.15) is 0 Å². The van der Waals surface area contributed by atoms with Crippen LogP contribution in [-0.2, 0) is 4.74 Å². The summed E-state index contributed by atoms with van der Waals surface area (Å²) < 4.78 is 10.7. The van der Waals surface area contributed by atoms with Crippen LogP contribution in [-0.4, -0.2) is 73.4 Å². The Balaban J connectivity index is 1.28. The van der Waals surface area contributed by atoms with Crippen LogP contribution in [0.25, 0.3) is 11.0 Å². The van der Waals surface area contributed by atoms with Crippen LogP contribution in [0.5, 0.6) is 0 Å². The molecule has 0 saturated carbocycles. The smallest absolute Gasteiger partial charge is 0.255 e. The Bertz CT molecular complexity index is 1110. The zero-order valence-corrected chi connectivity index (χ0v) is 18.3. The number of carbonyl (C=O) groups is 1. The second-order valence-corrected chi connectivity index (χ2v) is 8.34. The van der Waals surface area contributed by atoms with Gasteiger partial charge in [0.25, 0.3) is 5.91 Å². The molecule has 1 aromatic carbocycles. The molecule has 8 nitrogen and oxygen atoms in total. The number of anilines is 2. The molecule has 2 aromatic heterocycles. The number of fused-ring (bicyclic) bond motifs is 1.